The summed E-state index contributed by atoms with van der Waals surface area (Å²) in [6, 6.07) is 8.46. The van der Waals surface area contributed by atoms with E-state index in [-0.39, 0.29) is 0 Å². The average Bonchev–Trinajstić information content (AvgIpc) is 2.47. The van der Waals surface area contributed by atoms with Crippen LogP contribution in [-0.2, 0) is 11.3 Å². The van der Waals surface area contributed by atoms with Gasteiger partial charge in [-0.25, -0.2) is 0 Å². The second-order valence-electron chi connectivity index (χ2n) is 4.20. The molecule has 19 heavy (non-hydrogen) atoms. The minimum absolute atomic E-state index is 0.548. The second-order valence-corrected chi connectivity index (χ2v) is 5.19. The Bertz CT molecular complexity index is 439. The van der Waals surface area contributed by atoms with Gasteiger partial charge in [-0.3, -0.25) is 4.99 Å². The number of anilines is 1. The van der Waals surface area contributed by atoms with E-state index in [1.807, 2.05) is 0 Å². The van der Waals surface area contributed by atoms with Crippen molar-refractivity contribution in [1.29, 1.82) is 0 Å². The molecule has 0 unspecified atom stereocenters. The maximum atomic E-state index is 5.70. The van der Waals surface area contributed by atoms with Crippen LogP contribution in [0.1, 0.15) is 5.56 Å². The number of rotatable bonds is 4. The first kappa shape index (κ1) is 14.0. The van der Waals surface area contributed by atoms with Crippen LogP contribution in [0.25, 0.3) is 0 Å². The first-order valence-corrected chi connectivity index (χ1v) is 7.16. The van der Waals surface area contributed by atoms with Crippen molar-refractivity contribution in [1.82, 2.24) is 0 Å². The topological polar surface area (TPSA) is 50.8 Å². The molecule has 0 radical (unpaired) electrons. The highest BCUT2D eigenvalue weighted by Gasteiger charge is 2.10. The molecular formula is C14H19N3OS. The Balaban J connectivity index is 1.94. The summed E-state index contributed by atoms with van der Waals surface area (Å²) in [5.41, 5.74) is 8.10. The predicted octanol–water partition coefficient (Wildman–Crippen LogP) is 2.21. The Morgan fingerprint density at radius 1 is 1.37 bits per heavy atom. The zero-order chi connectivity index (χ0) is 13.5. The Morgan fingerprint density at radius 2 is 2.05 bits per heavy atom. The van der Waals surface area contributed by atoms with Gasteiger partial charge in [0, 0.05) is 18.8 Å². The smallest absolute Gasteiger partial charge is 0.158 e. The number of morpholine rings is 1. The van der Waals surface area contributed by atoms with E-state index >= 15 is 0 Å². The molecule has 1 saturated heterocycles. The summed E-state index contributed by atoms with van der Waals surface area (Å²) in [6.45, 7) is 7.74. The van der Waals surface area contributed by atoms with Crippen LogP contribution in [-0.4, -0.2) is 31.5 Å². The fourth-order valence-corrected chi connectivity index (χ4v) is 2.24. The quantitative estimate of drug-likeness (QED) is 0.677. The number of hydrogen-bond acceptors (Lipinski definition) is 4. The van der Waals surface area contributed by atoms with Crippen LogP contribution in [0.2, 0.25) is 0 Å². The van der Waals surface area contributed by atoms with Gasteiger partial charge in [-0.15, -0.1) is 0 Å². The van der Waals surface area contributed by atoms with Crippen molar-refractivity contribution in [3.05, 3.63) is 41.8 Å². The maximum Gasteiger partial charge on any atom is 0.158 e. The van der Waals surface area contributed by atoms with Crippen molar-refractivity contribution in [2.24, 2.45) is 10.7 Å². The molecule has 2 N–H and O–H groups in total. The first-order chi connectivity index (χ1) is 9.29. The van der Waals surface area contributed by atoms with Crippen LogP contribution in [0, 0.1) is 0 Å². The maximum absolute atomic E-state index is 5.70. The predicted molar refractivity (Wildman–Crippen MR) is 82.6 cm³/mol. The Labute approximate surface area is 118 Å². The van der Waals surface area contributed by atoms with E-state index in [2.05, 4.69) is 40.7 Å². The number of hydrogen-bond donors (Lipinski definition) is 1. The van der Waals surface area contributed by atoms with Gasteiger partial charge < -0.3 is 15.4 Å². The highest BCUT2D eigenvalue weighted by Crippen LogP contribution is 2.17. The SMILES string of the molecule is C=CS/C(N)=N\Cc1ccc(N2CCOCC2)cc1. The molecule has 0 amide bonds. The van der Waals surface area contributed by atoms with Gasteiger partial charge in [0.2, 0.25) is 0 Å². The standard InChI is InChI=1S/C14H19N3OS/c1-2-19-14(15)16-11-12-3-5-13(6-4-12)17-7-9-18-10-8-17/h2-6H,1,7-11H2,(H2,15,16). The van der Waals surface area contributed by atoms with E-state index in [0.29, 0.717) is 11.7 Å². The molecule has 1 fully saturated rings. The Morgan fingerprint density at radius 3 is 2.68 bits per heavy atom. The van der Waals surface area contributed by atoms with E-state index in [1.165, 1.54) is 17.4 Å². The van der Waals surface area contributed by atoms with Crippen molar-refractivity contribution < 1.29 is 4.74 Å². The van der Waals surface area contributed by atoms with Crippen molar-refractivity contribution in [3.8, 4) is 0 Å². The molecule has 0 atom stereocenters. The number of ether oxygens (including phenoxy) is 1. The van der Waals surface area contributed by atoms with Gasteiger partial charge in [-0.2, -0.15) is 0 Å². The fraction of sp³-hybridized carbons (Fsp3) is 0.357. The zero-order valence-corrected chi connectivity index (χ0v) is 11.7. The number of benzene rings is 1. The van der Waals surface area contributed by atoms with Crippen LogP contribution >= 0.6 is 11.8 Å². The van der Waals surface area contributed by atoms with Gasteiger partial charge in [0.25, 0.3) is 0 Å². The van der Waals surface area contributed by atoms with E-state index in [4.69, 9.17) is 10.5 Å². The second kappa shape index (κ2) is 7.21. The molecule has 102 valence electrons. The third kappa shape index (κ3) is 4.29. The summed E-state index contributed by atoms with van der Waals surface area (Å²) in [5, 5.41) is 2.23. The van der Waals surface area contributed by atoms with Crippen LogP contribution in [0.3, 0.4) is 0 Å². The summed E-state index contributed by atoms with van der Waals surface area (Å²) in [4.78, 5) is 6.61. The normalized spacial score (nSPS) is 16.4. The van der Waals surface area contributed by atoms with Gasteiger partial charge in [-0.1, -0.05) is 30.5 Å². The van der Waals surface area contributed by atoms with E-state index < -0.39 is 0 Å². The molecule has 0 bridgehead atoms. The number of nitrogens with two attached hydrogens (primary N) is 1. The molecule has 5 heteroatoms. The van der Waals surface area contributed by atoms with Gasteiger partial charge >= 0.3 is 0 Å². The van der Waals surface area contributed by atoms with Crippen molar-refractivity contribution >= 4 is 22.6 Å². The molecule has 0 aliphatic carbocycles. The van der Waals surface area contributed by atoms with Gasteiger partial charge in [0.05, 0.1) is 19.8 Å². The lowest BCUT2D eigenvalue weighted by Gasteiger charge is -2.28. The number of amidine groups is 1. The number of thioether (sulfide) groups is 1. The van der Waals surface area contributed by atoms with E-state index in [9.17, 15) is 0 Å². The summed E-state index contributed by atoms with van der Waals surface area (Å²) in [6.07, 6.45) is 0. The molecule has 4 nitrogen and oxygen atoms in total. The zero-order valence-electron chi connectivity index (χ0n) is 10.9. The van der Waals surface area contributed by atoms with Crippen molar-refractivity contribution in [3.63, 3.8) is 0 Å². The molecule has 1 aromatic carbocycles. The van der Waals surface area contributed by atoms with E-state index in [1.54, 1.807) is 5.41 Å². The fourth-order valence-electron chi connectivity index (χ4n) is 1.93. The lowest BCUT2D eigenvalue weighted by atomic mass is 10.2. The average molecular weight is 277 g/mol. The molecule has 2 rings (SSSR count). The molecule has 1 aromatic rings. The number of aliphatic imine (C=N–C) groups is 1. The molecule has 0 spiro atoms. The molecule has 1 heterocycles. The van der Waals surface area contributed by atoms with Crippen molar-refractivity contribution in [2.45, 2.75) is 6.54 Å². The third-order valence-corrected chi connectivity index (χ3v) is 3.47. The molecule has 1 aliphatic rings. The summed E-state index contributed by atoms with van der Waals surface area (Å²) in [7, 11) is 0. The van der Waals surface area contributed by atoms with E-state index in [0.717, 1.165) is 31.9 Å². The van der Waals surface area contributed by atoms with Gasteiger partial charge in [0.15, 0.2) is 5.17 Å². The van der Waals surface area contributed by atoms with Crippen LogP contribution in [0.15, 0.2) is 41.2 Å². The molecule has 0 aromatic heterocycles. The van der Waals surface area contributed by atoms with Crippen LogP contribution in [0.4, 0.5) is 5.69 Å². The minimum atomic E-state index is 0.548. The molecule has 0 saturated carbocycles. The summed E-state index contributed by atoms with van der Waals surface area (Å²) in [5.74, 6) is 0. The van der Waals surface area contributed by atoms with Crippen LogP contribution < -0.4 is 10.6 Å². The monoisotopic (exact) mass is 277 g/mol. The van der Waals surface area contributed by atoms with Crippen LogP contribution in [0.5, 0.6) is 0 Å². The Kier molecular flexibility index (Phi) is 5.30. The lowest BCUT2D eigenvalue weighted by molar-refractivity contribution is 0.122. The van der Waals surface area contributed by atoms with Gasteiger partial charge in [-0.05, 0) is 23.1 Å². The number of nitrogens with zero attached hydrogens (tertiary/aromatic N) is 2. The first-order valence-electron chi connectivity index (χ1n) is 6.28. The molecule has 1 aliphatic heterocycles. The highest BCUT2D eigenvalue weighted by atomic mass is 32.2. The van der Waals surface area contributed by atoms with Gasteiger partial charge in [0.1, 0.15) is 0 Å². The summed E-state index contributed by atoms with van der Waals surface area (Å²) >= 11 is 1.35. The largest absolute Gasteiger partial charge is 0.378 e. The summed E-state index contributed by atoms with van der Waals surface area (Å²) < 4.78 is 5.35. The Hall–Kier alpha value is -1.46. The highest BCUT2D eigenvalue weighted by molar-refractivity contribution is 8.16. The third-order valence-electron chi connectivity index (χ3n) is 2.93. The van der Waals surface area contributed by atoms with Crippen molar-refractivity contribution in [2.75, 3.05) is 31.2 Å². The molecular weight excluding hydrogens is 258 g/mol. The minimum Gasteiger partial charge on any atom is -0.378 e. The lowest BCUT2D eigenvalue weighted by Crippen LogP contribution is -2.36.